The number of nitrogens with zero attached hydrogens (tertiary/aromatic N) is 1. The molecule has 0 aliphatic heterocycles. The standard InChI is InChI=1S/C10H19NO6S2/c1-18(14,15)6-7-19(16,17)11(8-10(12)13)9-4-2-3-5-9/h9H,2-8H2,1H3,(H,12,13). The average Bonchev–Trinajstić information content (AvgIpc) is 2.75. The maximum atomic E-state index is 12.1. The van der Waals surface area contributed by atoms with Crippen LogP contribution in [0, 0.1) is 0 Å². The van der Waals surface area contributed by atoms with E-state index in [0.717, 1.165) is 23.4 Å². The zero-order valence-electron chi connectivity index (χ0n) is 10.8. The van der Waals surface area contributed by atoms with E-state index in [4.69, 9.17) is 5.11 Å². The van der Waals surface area contributed by atoms with Crippen LogP contribution >= 0.6 is 0 Å². The first kappa shape index (κ1) is 16.4. The monoisotopic (exact) mass is 313 g/mol. The lowest BCUT2D eigenvalue weighted by Gasteiger charge is -2.26. The predicted octanol–water partition coefficient (Wildman–Crippen LogP) is -0.310. The van der Waals surface area contributed by atoms with Gasteiger partial charge in [-0.2, -0.15) is 4.31 Å². The van der Waals surface area contributed by atoms with E-state index in [1.807, 2.05) is 0 Å². The van der Waals surface area contributed by atoms with Crippen molar-refractivity contribution in [3.63, 3.8) is 0 Å². The molecule has 112 valence electrons. The molecule has 7 nitrogen and oxygen atoms in total. The molecular weight excluding hydrogens is 294 g/mol. The fourth-order valence-corrected chi connectivity index (χ4v) is 5.41. The molecule has 1 N–H and O–H groups in total. The molecule has 0 aromatic heterocycles. The lowest BCUT2D eigenvalue weighted by molar-refractivity contribution is -0.137. The fourth-order valence-electron chi connectivity index (χ4n) is 2.15. The SMILES string of the molecule is CS(=O)(=O)CCS(=O)(=O)N(CC(=O)O)C1CCCC1. The number of sulfonamides is 1. The lowest BCUT2D eigenvalue weighted by atomic mass is 10.2. The number of carboxylic acid groups (broad SMARTS) is 1. The van der Waals surface area contributed by atoms with Crippen molar-refractivity contribution in [2.75, 3.05) is 24.3 Å². The van der Waals surface area contributed by atoms with Crippen molar-refractivity contribution in [2.24, 2.45) is 0 Å². The minimum atomic E-state index is -3.86. The Kier molecular flexibility index (Phi) is 5.34. The van der Waals surface area contributed by atoms with Crippen molar-refractivity contribution in [2.45, 2.75) is 31.7 Å². The Morgan fingerprint density at radius 2 is 1.68 bits per heavy atom. The molecule has 1 aliphatic rings. The first-order valence-corrected chi connectivity index (χ1v) is 9.68. The van der Waals surface area contributed by atoms with Crippen LogP contribution in [-0.2, 0) is 24.7 Å². The second kappa shape index (κ2) is 6.19. The molecule has 0 amide bonds. The molecule has 1 fully saturated rings. The minimum absolute atomic E-state index is 0.319. The molecule has 9 heteroatoms. The number of carbonyl (C=O) groups is 1. The highest BCUT2D eigenvalue weighted by Crippen LogP contribution is 2.25. The third-order valence-electron chi connectivity index (χ3n) is 3.09. The molecule has 19 heavy (non-hydrogen) atoms. The molecule has 1 rings (SSSR count). The van der Waals surface area contributed by atoms with Crippen LogP contribution in [0.25, 0.3) is 0 Å². The zero-order valence-corrected chi connectivity index (χ0v) is 12.4. The van der Waals surface area contributed by atoms with Crippen molar-refractivity contribution in [1.29, 1.82) is 0 Å². The van der Waals surface area contributed by atoms with Crippen LogP contribution in [-0.4, -0.2) is 62.6 Å². The second-order valence-corrected chi connectivity index (χ2v) is 9.12. The number of sulfone groups is 1. The predicted molar refractivity (Wildman–Crippen MR) is 70.1 cm³/mol. The molecular formula is C10H19NO6S2. The zero-order chi connectivity index (χ0) is 14.7. The summed E-state index contributed by atoms with van der Waals surface area (Å²) in [5.74, 6) is -2.27. The molecule has 0 heterocycles. The Hall–Kier alpha value is -0.670. The molecule has 0 saturated heterocycles. The lowest BCUT2D eigenvalue weighted by Crippen LogP contribution is -2.44. The number of hydrogen-bond donors (Lipinski definition) is 1. The van der Waals surface area contributed by atoms with Crippen LogP contribution in [0.5, 0.6) is 0 Å². The normalized spacial score (nSPS) is 18.0. The van der Waals surface area contributed by atoms with E-state index in [2.05, 4.69) is 0 Å². The summed E-state index contributed by atoms with van der Waals surface area (Å²) in [6.45, 7) is -0.600. The summed E-state index contributed by atoms with van der Waals surface area (Å²) in [7, 11) is -7.26. The number of aliphatic carboxylic acids is 1. The van der Waals surface area contributed by atoms with Gasteiger partial charge in [-0.25, -0.2) is 16.8 Å². The van der Waals surface area contributed by atoms with Gasteiger partial charge in [-0.15, -0.1) is 0 Å². The van der Waals surface area contributed by atoms with Gasteiger partial charge in [-0.1, -0.05) is 12.8 Å². The van der Waals surface area contributed by atoms with E-state index in [1.54, 1.807) is 0 Å². The smallest absolute Gasteiger partial charge is 0.318 e. The number of hydrogen-bond acceptors (Lipinski definition) is 5. The third kappa shape index (κ3) is 5.45. The fraction of sp³-hybridized carbons (Fsp3) is 0.900. The van der Waals surface area contributed by atoms with Crippen LogP contribution in [0.2, 0.25) is 0 Å². The van der Waals surface area contributed by atoms with E-state index < -0.39 is 43.9 Å². The minimum Gasteiger partial charge on any atom is -0.480 e. The Balaban J connectivity index is 2.85. The van der Waals surface area contributed by atoms with Crippen LogP contribution in [0.3, 0.4) is 0 Å². The maximum Gasteiger partial charge on any atom is 0.318 e. The largest absolute Gasteiger partial charge is 0.480 e. The molecule has 0 spiro atoms. The summed E-state index contributed by atoms with van der Waals surface area (Å²) in [6.07, 6.45) is 3.95. The summed E-state index contributed by atoms with van der Waals surface area (Å²) in [6, 6.07) is -0.319. The summed E-state index contributed by atoms with van der Waals surface area (Å²) >= 11 is 0. The van der Waals surface area contributed by atoms with Crippen LogP contribution in [0.1, 0.15) is 25.7 Å². The first-order valence-electron chi connectivity index (χ1n) is 6.01. The third-order valence-corrected chi connectivity index (χ3v) is 6.16. The summed E-state index contributed by atoms with van der Waals surface area (Å²) in [5, 5.41) is 8.81. The number of rotatable bonds is 7. The van der Waals surface area contributed by atoms with Gasteiger partial charge in [0.2, 0.25) is 10.0 Å². The molecule has 0 bridgehead atoms. The van der Waals surface area contributed by atoms with Gasteiger partial charge in [0, 0.05) is 12.3 Å². The Morgan fingerprint density at radius 3 is 2.11 bits per heavy atom. The second-order valence-electron chi connectivity index (χ2n) is 4.82. The van der Waals surface area contributed by atoms with Crippen LogP contribution < -0.4 is 0 Å². The van der Waals surface area contributed by atoms with Crippen molar-refractivity contribution in [3.05, 3.63) is 0 Å². The van der Waals surface area contributed by atoms with Crippen LogP contribution in [0.15, 0.2) is 0 Å². The topological polar surface area (TPSA) is 109 Å². The van der Waals surface area contributed by atoms with E-state index >= 15 is 0 Å². The van der Waals surface area contributed by atoms with Crippen LogP contribution in [0.4, 0.5) is 0 Å². The highest BCUT2D eigenvalue weighted by Gasteiger charge is 2.33. The highest BCUT2D eigenvalue weighted by atomic mass is 32.2. The van der Waals surface area contributed by atoms with Gasteiger partial charge in [-0.3, -0.25) is 4.79 Å². The van der Waals surface area contributed by atoms with E-state index in [-0.39, 0.29) is 6.04 Å². The van der Waals surface area contributed by atoms with Crippen molar-refractivity contribution >= 4 is 25.8 Å². The summed E-state index contributed by atoms with van der Waals surface area (Å²) < 4.78 is 47.2. The van der Waals surface area contributed by atoms with Crippen molar-refractivity contribution in [1.82, 2.24) is 4.31 Å². The van der Waals surface area contributed by atoms with Gasteiger partial charge >= 0.3 is 5.97 Å². The van der Waals surface area contributed by atoms with Gasteiger partial charge in [0.05, 0.1) is 11.5 Å². The van der Waals surface area contributed by atoms with Gasteiger partial charge in [0.15, 0.2) is 0 Å². The highest BCUT2D eigenvalue weighted by molar-refractivity contribution is 7.93. The van der Waals surface area contributed by atoms with Gasteiger partial charge in [-0.05, 0) is 12.8 Å². The van der Waals surface area contributed by atoms with E-state index in [9.17, 15) is 21.6 Å². The van der Waals surface area contributed by atoms with E-state index in [0.29, 0.717) is 12.8 Å². The van der Waals surface area contributed by atoms with Gasteiger partial charge in [0.1, 0.15) is 16.4 Å². The molecule has 0 atom stereocenters. The number of carboxylic acids is 1. The summed E-state index contributed by atoms with van der Waals surface area (Å²) in [4.78, 5) is 10.8. The first-order chi connectivity index (χ1) is 8.62. The summed E-state index contributed by atoms with van der Waals surface area (Å²) in [5.41, 5.74) is 0. The Labute approximate surface area is 113 Å². The molecule has 0 aromatic rings. The van der Waals surface area contributed by atoms with Crippen molar-refractivity contribution < 1.29 is 26.7 Å². The Bertz CT molecular complexity index is 518. The van der Waals surface area contributed by atoms with Gasteiger partial charge < -0.3 is 5.11 Å². The van der Waals surface area contributed by atoms with Gasteiger partial charge in [0.25, 0.3) is 0 Å². The molecule has 0 aromatic carbocycles. The molecule has 1 saturated carbocycles. The molecule has 0 unspecified atom stereocenters. The maximum absolute atomic E-state index is 12.1. The average molecular weight is 313 g/mol. The molecule has 1 aliphatic carbocycles. The van der Waals surface area contributed by atoms with E-state index in [1.165, 1.54) is 0 Å². The van der Waals surface area contributed by atoms with Crippen molar-refractivity contribution in [3.8, 4) is 0 Å². The Morgan fingerprint density at radius 1 is 1.16 bits per heavy atom. The quantitative estimate of drug-likeness (QED) is 0.690. The molecule has 0 radical (unpaired) electrons.